The van der Waals surface area contributed by atoms with Gasteiger partial charge in [-0.3, -0.25) is 4.79 Å². The number of benzene rings is 1. The van der Waals surface area contributed by atoms with Gasteiger partial charge < -0.3 is 15.2 Å². The SMILES string of the molecule is CC(C)(CO)CNC(=O)COc1ccc2c(c1)CCC2. The number of aliphatic hydroxyl groups excluding tert-OH is 1. The lowest BCUT2D eigenvalue weighted by Crippen LogP contribution is -2.38. The van der Waals surface area contributed by atoms with Crippen molar-refractivity contribution >= 4 is 5.91 Å². The van der Waals surface area contributed by atoms with Crippen LogP contribution in [0.5, 0.6) is 5.75 Å². The number of ether oxygens (including phenoxy) is 1. The van der Waals surface area contributed by atoms with E-state index in [1.165, 1.54) is 17.5 Å². The first kappa shape index (κ1) is 14.9. The van der Waals surface area contributed by atoms with Crippen LogP contribution in [0.3, 0.4) is 0 Å². The van der Waals surface area contributed by atoms with Crippen LogP contribution >= 0.6 is 0 Å². The first-order chi connectivity index (χ1) is 9.50. The fourth-order valence-corrected chi connectivity index (χ4v) is 2.23. The molecule has 0 heterocycles. The van der Waals surface area contributed by atoms with E-state index in [0.717, 1.165) is 18.6 Å². The van der Waals surface area contributed by atoms with Gasteiger partial charge in [-0.05, 0) is 42.5 Å². The van der Waals surface area contributed by atoms with Crippen LogP contribution in [0, 0.1) is 5.41 Å². The molecule has 1 amide bonds. The van der Waals surface area contributed by atoms with Crippen molar-refractivity contribution in [1.29, 1.82) is 0 Å². The van der Waals surface area contributed by atoms with E-state index in [1.54, 1.807) is 0 Å². The largest absolute Gasteiger partial charge is 0.484 e. The van der Waals surface area contributed by atoms with E-state index in [2.05, 4.69) is 11.4 Å². The van der Waals surface area contributed by atoms with E-state index in [0.29, 0.717) is 6.54 Å². The summed E-state index contributed by atoms with van der Waals surface area (Å²) in [7, 11) is 0. The molecule has 110 valence electrons. The van der Waals surface area contributed by atoms with Crippen molar-refractivity contribution < 1.29 is 14.6 Å². The van der Waals surface area contributed by atoms with Gasteiger partial charge in [0.25, 0.3) is 5.91 Å². The van der Waals surface area contributed by atoms with Gasteiger partial charge in [0.05, 0.1) is 0 Å². The Bertz CT molecular complexity index is 483. The molecule has 1 aliphatic rings. The Balaban J connectivity index is 1.79. The number of amides is 1. The Morgan fingerprint density at radius 1 is 1.35 bits per heavy atom. The first-order valence-electron chi connectivity index (χ1n) is 7.12. The molecule has 1 aromatic rings. The normalized spacial score (nSPS) is 13.9. The molecule has 0 fully saturated rings. The second-order valence-corrected chi connectivity index (χ2v) is 6.17. The number of aryl methyl sites for hydroxylation is 2. The quantitative estimate of drug-likeness (QED) is 0.832. The van der Waals surface area contributed by atoms with Gasteiger partial charge in [-0.15, -0.1) is 0 Å². The zero-order chi connectivity index (χ0) is 14.6. The third-order valence-corrected chi connectivity index (χ3v) is 3.63. The van der Waals surface area contributed by atoms with Crippen molar-refractivity contribution in [2.24, 2.45) is 5.41 Å². The van der Waals surface area contributed by atoms with Crippen molar-refractivity contribution in [2.75, 3.05) is 19.8 Å². The van der Waals surface area contributed by atoms with Gasteiger partial charge in [0, 0.05) is 18.6 Å². The van der Waals surface area contributed by atoms with Crippen LogP contribution in [0.1, 0.15) is 31.4 Å². The molecule has 2 rings (SSSR count). The average molecular weight is 277 g/mol. The molecule has 0 saturated heterocycles. The predicted octanol–water partition coefficient (Wildman–Crippen LogP) is 1.69. The molecule has 20 heavy (non-hydrogen) atoms. The van der Waals surface area contributed by atoms with E-state index in [4.69, 9.17) is 9.84 Å². The maximum absolute atomic E-state index is 11.7. The van der Waals surface area contributed by atoms with E-state index in [-0.39, 0.29) is 24.5 Å². The summed E-state index contributed by atoms with van der Waals surface area (Å²) in [6, 6.07) is 6.05. The van der Waals surface area contributed by atoms with Crippen LogP contribution in [-0.2, 0) is 17.6 Å². The summed E-state index contributed by atoms with van der Waals surface area (Å²) in [5, 5.41) is 11.9. The number of aliphatic hydroxyl groups is 1. The molecule has 1 aliphatic carbocycles. The number of fused-ring (bicyclic) bond motifs is 1. The molecule has 0 unspecified atom stereocenters. The lowest BCUT2D eigenvalue weighted by Gasteiger charge is -2.21. The zero-order valence-electron chi connectivity index (χ0n) is 12.2. The molecule has 0 atom stereocenters. The smallest absolute Gasteiger partial charge is 0.257 e. The summed E-state index contributed by atoms with van der Waals surface area (Å²) in [4.78, 5) is 11.7. The van der Waals surface area contributed by atoms with Gasteiger partial charge >= 0.3 is 0 Å². The monoisotopic (exact) mass is 277 g/mol. The molecular weight excluding hydrogens is 254 g/mol. The molecule has 0 radical (unpaired) electrons. The highest BCUT2D eigenvalue weighted by atomic mass is 16.5. The van der Waals surface area contributed by atoms with Crippen molar-refractivity contribution in [1.82, 2.24) is 5.32 Å². The van der Waals surface area contributed by atoms with Crippen LogP contribution in [0.25, 0.3) is 0 Å². The van der Waals surface area contributed by atoms with E-state index < -0.39 is 0 Å². The Morgan fingerprint density at radius 2 is 2.10 bits per heavy atom. The summed E-state index contributed by atoms with van der Waals surface area (Å²) in [5.41, 5.74) is 2.43. The highest BCUT2D eigenvalue weighted by molar-refractivity contribution is 5.77. The molecule has 0 aromatic heterocycles. The third-order valence-electron chi connectivity index (χ3n) is 3.63. The van der Waals surface area contributed by atoms with Gasteiger partial charge in [-0.1, -0.05) is 19.9 Å². The number of carbonyl (C=O) groups is 1. The first-order valence-corrected chi connectivity index (χ1v) is 7.12. The lowest BCUT2D eigenvalue weighted by atomic mass is 9.95. The van der Waals surface area contributed by atoms with Gasteiger partial charge in [0.15, 0.2) is 6.61 Å². The van der Waals surface area contributed by atoms with Crippen LogP contribution in [0.15, 0.2) is 18.2 Å². The molecule has 4 nitrogen and oxygen atoms in total. The van der Waals surface area contributed by atoms with Gasteiger partial charge in [0.2, 0.25) is 0 Å². The maximum Gasteiger partial charge on any atom is 0.257 e. The van der Waals surface area contributed by atoms with Gasteiger partial charge in [0.1, 0.15) is 5.75 Å². The third kappa shape index (κ3) is 3.97. The average Bonchev–Trinajstić information content (AvgIpc) is 2.90. The molecule has 0 saturated carbocycles. The minimum absolute atomic E-state index is 0.0142. The van der Waals surface area contributed by atoms with Crippen molar-refractivity contribution in [3.05, 3.63) is 29.3 Å². The fraction of sp³-hybridized carbons (Fsp3) is 0.562. The van der Waals surface area contributed by atoms with Gasteiger partial charge in [-0.25, -0.2) is 0 Å². The Morgan fingerprint density at radius 3 is 2.85 bits per heavy atom. The number of hydrogen-bond donors (Lipinski definition) is 2. The summed E-state index contributed by atoms with van der Waals surface area (Å²) < 4.78 is 5.52. The Kier molecular flexibility index (Phi) is 4.65. The predicted molar refractivity (Wildman–Crippen MR) is 77.8 cm³/mol. The standard InChI is InChI=1S/C16H23NO3/c1-16(2,11-18)10-17-15(19)9-20-14-7-6-12-4-3-5-13(12)8-14/h6-8,18H,3-5,9-11H2,1-2H3,(H,17,19). The summed E-state index contributed by atoms with van der Waals surface area (Å²) in [6.45, 7) is 4.29. The number of rotatable bonds is 6. The number of carbonyl (C=O) groups excluding carboxylic acids is 1. The summed E-state index contributed by atoms with van der Waals surface area (Å²) in [5.74, 6) is 0.592. The Hall–Kier alpha value is -1.55. The van der Waals surface area contributed by atoms with Crippen LogP contribution < -0.4 is 10.1 Å². The molecule has 4 heteroatoms. The highest BCUT2D eigenvalue weighted by Crippen LogP contribution is 2.25. The van der Waals surface area contributed by atoms with Crippen molar-refractivity contribution in [3.8, 4) is 5.75 Å². The fourth-order valence-electron chi connectivity index (χ4n) is 2.23. The Labute approximate surface area is 120 Å². The minimum Gasteiger partial charge on any atom is -0.484 e. The lowest BCUT2D eigenvalue weighted by molar-refractivity contribution is -0.123. The second kappa shape index (κ2) is 6.27. The highest BCUT2D eigenvalue weighted by Gasteiger charge is 2.17. The minimum atomic E-state index is -0.302. The zero-order valence-corrected chi connectivity index (χ0v) is 12.2. The number of hydrogen-bond acceptors (Lipinski definition) is 3. The summed E-state index contributed by atoms with van der Waals surface area (Å²) in [6.07, 6.45) is 3.45. The molecule has 2 N–H and O–H groups in total. The van der Waals surface area contributed by atoms with Gasteiger partial charge in [-0.2, -0.15) is 0 Å². The maximum atomic E-state index is 11.7. The molecule has 0 aliphatic heterocycles. The molecular formula is C16H23NO3. The van der Waals surface area contributed by atoms with Crippen molar-refractivity contribution in [3.63, 3.8) is 0 Å². The second-order valence-electron chi connectivity index (χ2n) is 6.17. The van der Waals surface area contributed by atoms with E-state index >= 15 is 0 Å². The molecule has 0 spiro atoms. The van der Waals surface area contributed by atoms with Crippen LogP contribution in [0.2, 0.25) is 0 Å². The topological polar surface area (TPSA) is 58.6 Å². The van der Waals surface area contributed by atoms with E-state index in [9.17, 15) is 4.79 Å². The number of nitrogens with one attached hydrogen (secondary N) is 1. The van der Waals surface area contributed by atoms with Crippen LogP contribution in [-0.4, -0.2) is 30.8 Å². The summed E-state index contributed by atoms with van der Waals surface area (Å²) >= 11 is 0. The van der Waals surface area contributed by atoms with Crippen LogP contribution in [0.4, 0.5) is 0 Å². The molecule has 1 aromatic carbocycles. The van der Waals surface area contributed by atoms with E-state index in [1.807, 2.05) is 26.0 Å². The molecule has 0 bridgehead atoms. The van der Waals surface area contributed by atoms with Crippen molar-refractivity contribution in [2.45, 2.75) is 33.1 Å².